The maximum Gasteiger partial charge on any atom is 0.341 e. The Morgan fingerprint density at radius 3 is 2.35 bits per heavy atom. The first-order valence-electron chi connectivity index (χ1n) is 12.1. The minimum absolute atomic E-state index is 0.0880. The molecule has 0 fully saturated rings. The molecule has 0 bridgehead atoms. The number of anilines is 2. The van der Waals surface area contributed by atoms with Crippen molar-refractivity contribution in [3.05, 3.63) is 88.3 Å². The summed E-state index contributed by atoms with van der Waals surface area (Å²) >= 11 is 1.39. The summed E-state index contributed by atoms with van der Waals surface area (Å²) in [6, 6.07) is 18.7. The number of hydrogen-bond acceptors (Lipinski definition) is 6. The van der Waals surface area contributed by atoms with Crippen LogP contribution in [0.5, 0.6) is 0 Å². The summed E-state index contributed by atoms with van der Waals surface area (Å²) in [5.74, 6) is -0.971. The molecule has 0 aliphatic heterocycles. The number of esters is 1. The zero-order chi connectivity index (χ0) is 26.0. The molecule has 0 radical (unpaired) electrons. The Kier molecular flexibility index (Phi) is 6.99. The van der Waals surface area contributed by atoms with Crippen molar-refractivity contribution >= 4 is 54.7 Å². The Labute approximate surface area is 219 Å². The standard InChI is InChI=1S/C28H26N2O5S2/c1-2-35-28(32)25-21-14-8-9-15-24(21)36-27(25)29-26(31)22-16-18-10-6-7-11-19(18)17-23(22)30-37(33,34)20-12-4-3-5-13-20/h3-7,10-13,16-17,30H,2,8-9,14-15H2,1H3,(H,29,31). The minimum Gasteiger partial charge on any atom is -0.462 e. The zero-order valence-electron chi connectivity index (χ0n) is 20.2. The van der Waals surface area contributed by atoms with Gasteiger partial charge in [-0.25, -0.2) is 13.2 Å². The number of fused-ring (bicyclic) bond motifs is 2. The quantitative estimate of drug-likeness (QED) is 0.283. The van der Waals surface area contributed by atoms with Crippen LogP contribution in [0.25, 0.3) is 10.8 Å². The van der Waals surface area contributed by atoms with Crippen LogP contribution >= 0.6 is 11.3 Å². The molecule has 37 heavy (non-hydrogen) atoms. The van der Waals surface area contributed by atoms with Gasteiger partial charge in [0.25, 0.3) is 15.9 Å². The van der Waals surface area contributed by atoms with Gasteiger partial charge in [-0.1, -0.05) is 42.5 Å². The predicted octanol–water partition coefficient (Wildman–Crippen LogP) is 6.01. The summed E-state index contributed by atoms with van der Waals surface area (Å²) < 4.78 is 34.1. The van der Waals surface area contributed by atoms with E-state index in [1.54, 1.807) is 37.3 Å². The van der Waals surface area contributed by atoms with Crippen LogP contribution in [-0.2, 0) is 27.6 Å². The Morgan fingerprint density at radius 1 is 0.946 bits per heavy atom. The lowest BCUT2D eigenvalue weighted by Gasteiger charge is -2.15. The van der Waals surface area contributed by atoms with Crippen LogP contribution in [0.15, 0.2) is 71.6 Å². The molecular weight excluding hydrogens is 508 g/mol. The van der Waals surface area contributed by atoms with Crippen LogP contribution in [0, 0.1) is 0 Å². The number of sulfonamides is 1. The van der Waals surface area contributed by atoms with Crippen molar-refractivity contribution in [3.8, 4) is 0 Å². The lowest BCUT2D eigenvalue weighted by molar-refractivity contribution is 0.0526. The fraction of sp³-hybridized carbons (Fsp3) is 0.214. The van der Waals surface area contributed by atoms with Crippen molar-refractivity contribution in [2.45, 2.75) is 37.5 Å². The largest absolute Gasteiger partial charge is 0.462 e. The molecule has 2 N–H and O–H groups in total. The molecule has 1 aromatic heterocycles. The molecule has 7 nitrogen and oxygen atoms in total. The van der Waals surface area contributed by atoms with Crippen molar-refractivity contribution in [2.75, 3.05) is 16.6 Å². The fourth-order valence-electron chi connectivity index (χ4n) is 4.56. The molecule has 0 spiro atoms. The second kappa shape index (κ2) is 10.4. The predicted molar refractivity (Wildman–Crippen MR) is 146 cm³/mol. The van der Waals surface area contributed by atoms with Gasteiger partial charge in [0.1, 0.15) is 5.00 Å². The number of aryl methyl sites for hydroxylation is 1. The van der Waals surface area contributed by atoms with Gasteiger partial charge in [-0.15, -0.1) is 11.3 Å². The molecule has 4 aromatic rings. The third kappa shape index (κ3) is 5.10. The van der Waals surface area contributed by atoms with Crippen molar-refractivity contribution in [1.82, 2.24) is 0 Å². The summed E-state index contributed by atoms with van der Waals surface area (Å²) in [4.78, 5) is 27.7. The zero-order valence-corrected chi connectivity index (χ0v) is 21.9. The number of rotatable bonds is 7. The number of amides is 1. The Balaban J connectivity index is 1.56. The van der Waals surface area contributed by atoms with Gasteiger partial charge >= 0.3 is 5.97 Å². The molecule has 3 aromatic carbocycles. The van der Waals surface area contributed by atoms with E-state index in [0.717, 1.165) is 46.9 Å². The molecule has 1 aliphatic carbocycles. The molecule has 190 valence electrons. The normalized spacial score (nSPS) is 13.1. The van der Waals surface area contributed by atoms with Crippen molar-refractivity contribution in [3.63, 3.8) is 0 Å². The van der Waals surface area contributed by atoms with Crippen LogP contribution in [0.1, 0.15) is 50.9 Å². The maximum absolute atomic E-state index is 13.7. The van der Waals surface area contributed by atoms with Gasteiger partial charge in [-0.3, -0.25) is 9.52 Å². The summed E-state index contributed by atoms with van der Waals surface area (Å²) in [6.07, 6.45) is 3.60. The van der Waals surface area contributed by atoms with Crippen LogP contribution in [-0.4, -0.2) is 26.9 Å². The van der Waals surface area contributed by atoms with E-state index in [4.69, 9.17) is 4.74 Å². The summed E-state index contributed by atoms with van der Waals surface area (Å²) in [7, 11) is -3.94. The summed E-state index contributed by atoms with van der Waals surface area (Å²) in [5.41, 5.74) is 1.65. The Morgan fingerprint density at radius 2 is 1.62 bits per heavy atom. The third-order valence-electron chi connectivity index (χ3n) is 6.31. The number of carbonyl (C=O) groups is 2. The van der Waals surface area contributed by atoms with Gasteiger partial charge in [0.05, 0.1) is 28.3 Å². The van der Waals surface area contributed by atoms with Crippen molar-refractivity contribution in [2.24, 2.45) is 0 Å². The number of benzene rings is 3. The van der Waals surface area contributed by atoms with Gasteiger partial charge in [-0.05, 0) is 73.2 Å². The highest BCUT2D eigenvalue weighted by atomic mass is 32.2. The molecule has 1 amide bonds. The lowest BCUT2D eigenvalue weighted by atomic mass is 9.95. The fourth-order valence-corrected chi connectivity index (χ4v) is 6.92. The van der Waals surface area contributed by atoms with Crippen molar-refractivity contribution in [1.29, 1.82) is 0 Å². The van der Waals surface area contributed by atoms with E-state index >= 15 is 0 Å². The first-order valence-corrected chi connectivity index (χ1v) is 14.4. The van der Waals surface area contributed by atoms with Crippen LogP contribution < -0.4 is 10.0 Å². The maximum atomic E-state index is 13.7. The van der Waals surface area contributed by atoms with Crippen LogP contribution in [0.4, 0.5) is 10.7 Å². The summed E-state index contributed by atoms with van der Waals surface area (Å²) in [6.45, 7) is 1.97. The minimum atomic E-state index is -3.94. The van der Waals surface area contributed by atoms with Gasteiger partial charge in [0.2, 0.25) is 0 Å². The SMILES string of the molecule is CCOC(=O)c1c(NC(=O)c2cc3ccccc3cc2NS(=O)(=O)c2ccccc2)sc2c1CCCC2. The first-order chi connectivity index (χ1) is 17.9. The monoisotopic (exact) mass is 534 g/mol. The van der Waals surface area contributed by atoms with Gasteiger partial charge in [-0.2, -0.15) is 0 Å². The van der Waals surface area contributed by atoms with Crippen molar-refractivity contribution < 1.29 is 22.7 Å². The third-order valence-corrected chi connectivity index (χ3v) is 8.89. The average molecular weight is 535 g/mol. The van der Waals surface area contributed by atoms with E-state index in [9.17, 15) is 18.0 Å². The average Bonchev–Trinajstić information content (AvgIpc) is 3.26. The number of thiophene rings is 1. The number of ether oxygens (including phenoxy) is 1. The molecule has 0 saturated carbocycles. The van der Waals surface area contributed by atoms with E-state index in [-0.39, 0.29) is 22.8 Å². The van der Waals surface area contributed by atoms with Gasteiger partial charge in [0.15, 0.2) is 0 Å². The molecule has 1 heterocycles. The van der Waals surface area contributed by atoms with E-state index in [0.29, 0.717) is 10.6 Å². The van der Waals surface area contributed by atoms with Crippen LogP contribution in [0.2, 0.25) is 0 Å². The lowest BCUT2D eigenvalue weighted by Crippen LogP contribution is -2.19. The Bertz CT molecular complexity index is 1590. The Hall–Kier alpha value is -3.69. The number of hydrogen-bond donors (Lipinski definition) is 2. The molecule has 9 heteroatoms. The van der Waals surface area contributed by atoms with E-state index in [2.05, 4.69) is 10.0 Å². The second-order valence-electron chi connectivity index (χ2n) is 8.75. The first kappa shape index (κ1) is 25.0. The molecule has 0 saturated heterocycles. The molecule has 0 unspecified atom stereocenters. The van der Waals surface area contributed by atoms with Crippen LogP contribution in [0.3, 0.4) is 0 Å². The highest BCUT2D eigenvalue weighted by Crippen LogP contribution is 2.39. The molecule has 0 atom stereocenters. The molecule has 1 aliphatic rings. The highest BCUT2D eigenvalue weighted by Gasteiger charge is 2.28. The van der Waals surface area contributed by atoms with Gasteiger partial charge < -0.3 is 10.1 Å². The van der Waals surface area contributed by atoms with E-state index in [1.807, 2.05) is 24.3 Å². The number of nitrogens with one attached hydrogen (secondary N) is 2. The van der Waals surface area contributed by atoms with E-state index in [1.165, 1.54) is 23.5 Å². The summed E-state index contributed by atoms with van der Waals surface area (Å²) in [5, 5.41) is 4.89. The smallest absolute Gasteiger partial charge is 0.341 e. The van der Waals surface area contributed by atoms with Gasteiger partial charge in [0, 0.05) is 4.88 Å². The second-order valence-corrected chi connectivity index (χ2v) is 11.5. The highest BCUT2D eigenvalue weighted by molar-refractivity contribution is 7.92. The number of carbonyl (C=O) groups excluding carboxylic acids is 2. The van der Waals surface area contributed by atoms with E-state index < -0.39 is 21.9 Å². The molecule has 5 rings (SSSR count). The topological polar surface area (TPSA) is 102 Å². The molecular formula is C28H26N2O5S2.